The van der Waals surface area contributed by atoms with Crippen molar-refractivity contribution in [1.29, 1.82) is 0 Å². The number of carbonyl (C=O) groups is 1. The lowest BCUT2D eigenvalue weighted by Gasteiger charge is -2.22. The highest BCUT2D eigenvalue weighted by molar-refractivity contribution is 5.81. The minimum Gasteiger partial charge on any atom is -0.355 e. The fourth-order valence-electron chi connectivity index (χ4n) is 2.67. The number of unbranched alkanes of at least 4 members (excludes halogenated alkanes) is 7. The summed E-state index contributed by atoms with van der Waals surface area (Å²) in [5, 5.41) is 6.35. The molecule has 1 rings (SSSR count). The highest BCUT2D eigenvalue weighted by Crippen LogP contribution is 2.09. The molecule has 1 fully saturated rings. The van der Waals surface area contributed by atoms with Crippen LogP contribution in [-0.4, -0.2) is 25.0 Å². The lowest BCUT2D eigenvalue weighted by atomic mass is 10.0. The first-order valence-corrected chi connectivity index (χ1v) is 8.35. The third-order valence-corrected chi connectivity index (χ3v) is 3.96. The van der Waals surface area contributed by atoms with Crippen molar-refractivity contribution in [3.05, 3.63) is 0 Å². The Kier molecular flexibility index (Phi) is 9.78. The van der Waals surface area contributed by atoms with Crippen molar-refractivity contribution in [1.82, 2.24) is 10.6 Å². The third-order valence-electron chi connectivity index (χ3n) is 3.96. The summed E-state index contributed by atoms with van der Waals surface area (Å²) in [4.78, 5) is 11.8. The molecule has 0 radical (unpaired) electrons. The summed E-state index contributed by atoms with van der Waals surface area (Å²) in [6.07, 6.45) is 13.9. The number of hydrogen-bond donors (Lipinski definition) is 2. The average Bonchev–Trinajstić information content (AvgIpc) is 2.46. The lowest BCUT2D eigenvalue weighted by molar-refractivity contribution is -0.123. The Morgan fingerprint density at radius 3 is 2.37 bits per heavy atom. The molecule has 3 heteroatoms. The molecule has 0 saturated carbocycles. The van der Waals surface area contributed by atoms with Crippen LogP contribution in [0.2, 0.25) is 0 Å². The molecular weight excluding hydrogens is 236 g/mol. The zero-order valence-corrected chi connectivity index (χ0v) is 12.7. The summed E-state index contributed by atoms with van der Waals surface area (Å²) in [6.45, 7) is 4.10. The minimum absolute atomic E-state index is 0.0720. The van der Waals surface area contributed by atoms with Gasteiger partial charge in [0.1, 0.15) is 0 Å². The average molecular weight is 268 g/mol. The maximum absolute atomic E-state index is 11.8. The quantitative estimate of drug-likeness (QED) is 0.596. The number of rotatable bonds is 10. The van der Waals surface area contributed by atoms with E-state index in [1.54, 1.807) is 0 Å². The number of hydrogen-bond acceptors (Lipinski definition) is 2. The summed E-state index contributed by atoms with van der Waals surface area (Å²) < 4.78 is 0. The van der Waals surface area contributed by atoms with E-state index in [9.17, 15) is 4.79 Å². The standard InChI is InChI=1S/C16H32N2O/c1-2-3-4-5-6-7-8-10-14-18-16(19)15-12-9-11-13-17-15/h15,17H,2-14H2,1H3,(H,18,19). The third kappa shape index (κ3) is 8.25. The van der Waals surface area contributed by atoms with Crippen molar-refractivity contribution in [3.63, 3.8) is 0 Å². The Morgan fingerprint density at radius 1 is 1.05 bits per heavy atom. The zero-order valence-electron chi connectivity index (χ0n) is 12.7. The molecule has 1 heterocycles. The Balaban J connectivity index is 1.86. The van der Waals surface area contributed by atoms with E-state index < -0.39 is 0 Å². The molecular formula is C16H32N2O. The normalized spacial score (nSPS) is 19.3. The lowest BCUT2D eigenvalue weighted by Crippen LogP contribution is -2.46. The highest BCUT2D eigenvalue weighted by atomic mass is 16.2. The minimum atomic E-state index is 0.0720. The SMILES string of the molecule is CCCCCCCCCCNC(=O)C1CCCCN1. The maximum atomic E-state index is 11.8. The van der Waals surface area contributed by atoms with Gasteiger partial charge in [-0.3, -0.25) is 4.79 Å². The number of nitrogens with one attached hydrogen (secondary N) is 2. The van der Waals surface area contributed by atoms with E-state index in [2.05, 4.69) is 17.6 Å². The van der Waals surface area contributed by atoms with Gasteiger partial charge in [0.2, 0.25) is 5.91 Å². The van der Waals surface area contributed by atoms with Gasteiger partial charge in [-0.2, -0.15) is 0 Å². The van der Waals surface area contributed by atoms with Gasteiger partial charge >= 0.3 is 0 Å². The van der Waals surface area contributed by atoms with Crippen LogP contribution in [0.4, 0.5) is 0 Å². The van der Waals surface area contributed by atoms with Crippen LogP contribution < -0.4 is 10.6 Å². The molecule has 0 aliphatic carbocycles. The first kappa shape index (κ1) is 16.5. The molecule has 1 atom stereocenters. The van der Waals surface area contributed by atoms with E-state index in [0.717, 1.165) is 25.9 Å². The monoisotopic (exact) mass is 268 g/mol. The number of carbonyl (C=O) groups excluding carboxylic acids is 1. The van der Waals surface area contributed by atoms with E-state index >= 15 is 0 Å². The van der Waals surface area contributed by atoms with Crippen molar-refractivity contribution < 1.29 is 4.79 Å². The van der Waals surface area contributed by atoms with Gasteiger partial charge in [-0.05, 0) is 25.8 Å². The van der Waals surface area contributed by atoms with Gasteiger partial charge in [0.05, 0.1) is 6.04 Å². The van der Waals surface area contributed by atoms with E-state index in [0.29, 0.717) is 0 Å². The predicted octanol–water partition coefficient (Wildman–Crippen LogP) is 3.39. The fraction of sp³-hybridized carbons (Fsp3) is 0.938. The van der Waals surface area contributed by atoms with Crippen molar-refractivity contribution in [2.24, 2.45) is 0 Å². The second kappa shape index (κ2) is 11.3. The summed E-state index contributed by atoms with van der Waals surface area (Å²) >= 11 is 0. The molecule has 0 aromatic heterocycles. The van der Waals surface area contributed by atoms with Crippen molar-refractivity contribution in [3.8, 4) is 0 Å². The maximum Gasteiger partial charge on any atom is 0.237 e. The van der Waals surface area contributed by atoms with E-state index in [4.69, 9.17) is 0 Å². The molecule has 3 nitrogen and oxygen atoms in total. The van der Waals surface area contributed by atoms with Gasteiger partial charge in [-0.1, -0.05) is 58.3 Å². The molecule has 1 saturated heterocycles. The molecule has 112 valence electrons. The van der Waals surface area contributed by atoms with Crippen LogP contribution in [0.3, 0.4) is 0 Å². The Bertz CT molecular complexity index is 225. The molecule has 1 amide bonds. The molecule has 0 spiro atoms. The summed E-state index contributed by atoms with van der Waals surface area (Å²) in [6, 6.07) is 0.0720. The van der Waals surface area contributed by atoms with Gasteiger partial charge in [-0.25, -0.2) is 0 Å². The van der Waals surface area contributed by atoms with Crippen LogP contribution in [0.1, 0.15) is 77.6 Å². The van der Waals surface area contributed by atoms with Crippen LogP contribution >= 0.6 is 0 Å². The van der Waals surface area contributed by atoms with Crippen molar-refractivity contribution in [2.75, 3.05) is 13.1 Å². The van der Waals surface area contributed by atoms with Gasteiger partial charge in [-0.15, -0.1) is 0 Å². The Labute approximate surface area is 118 Å². The molecule has 1 aliphatic heterocycles. The number of piperidine rings is 1. The van der Waals surface area contributed by atoms with Crippen LogP contribution in [0, 0.1) is 0 Å². The van der Waals surface area contributed by atoms with Crippen molar-refractivity contribution in [2.45, 2.75) is 83.6 Å². The summed E-state index contributed by atoms with van der Waals surface area (Å²) in [7, 11) is 0. The highest BCUT2D eigenvalue weighted by Gasteiger charge is 2.19. The number of amides is 1. The van der Waals surface area contributed by atoms with Gasteiger partial charge in [0, 0.05) is 6.54 Å². The van der Waals surface area contributed by atoms with E-state index in [1.165, 1.54) is 57.8 Å². The Hall–Kier alpha value is -0.570. The largest absolute Gasteiger partial charge is 0.355 e. The van der Waals surface area contributed by atoms with E-state index in [1.807, 2.05) is 0 Å². The van der Waals surface area contributed by atoms with Gasteiger partial charge < -0.3 is 10.6 Å². The predicted molar refractivity (Wildman–Crippen MR) is 81.3 cm³/mol. The smallest absolute Gasteiger partial charge is 0.237 e. The molecule has 2 N–H and O–H groups in total. The second-order valence-electron chi connectivity index (χ2n) is 5.77. The molecule has 19 heavy (non-hydrogen) atoms. The molecule has 1 aliphatic rings. The van der Waals surface area contributed by atoms with Crippen LogP contribution in [0.25, 0.3) is 0 Å². The first-order chi connectivity index (χ1) is 9.34. The van der Waals surface area contributed by atoms with Crippen LogP contribution in [0.15, 0.2) is 0 Å². The molecule has 1 unspecified atom stereocenters. The molecule has 0 aromatic rings. The molecule has 0 aromatic carbocycles. The Morgan fingerprint density at radius 2 is 1.74 bits per heavy atom. The topological polar surface area (TPSA) is 41.1 Å². The van der Waals surface area contributed by atoms with Gasteiger partial charge in [0.25, 0.3) is 0 Å². The van der Waals surface area contributed by atoms with Crippen LogP contribution in [-0.2, 0) is 4.79 Å². The van der Waals surface area contributed by atoms with Gasteiger partial charge in [0.15, 0.2) is 0 Å². The van der Waals surface area contributed by atoms with E-state index in [-0.39, 0.29) is 11.9 Å². The zero-order chi connectivity index (χ0) is 13.8. The molecule has 0 bridgehead atoms. The fourth-order valence-corrected chi connectivity index (χ4v) is 2.67. The summed E-state index contributed by atoms with van der Waals surface area (Å²) in [5.74, 6) is 0.211. The second-order valence-corrected chi connectivity index (χ2v) is 5.77. The van der Waals surface area contributed by atoms with Crippen molar-refractivity contribution >= 4 is 5.91 Å². The summed E-state index contributed by atoms with van der Waals surface area (Å²) in [5.41, 5.74) is 0. The van der Waals surface area contributed by atoms with Crippen LogP contribution in [0.5, 0.6) is 0 Å². The first-order valence-electron chi connectivity index (χ1n) is 8.35.